The Labute approximate surface area is 260 Å². The molecule has 234 valence electrons. The van der Waals surface area contributed by atoms with Crippen LogP contribution >= 0.6 is 0 Å². The summed E-state index contributed by atoms with van der Waals surface area (Å²) in [7, 11) is -0.652. The number of hydrogen-bond donors (Lipinski definition) is 1. The first kappa shape index (κ1) is 30.4. The van der Waals surface area contributed by atoms with E-state index >= 15 is 0 Å². The molecule has 9 nitrogen and oxygen atoms in total. The highest BCUT2D eigenvalue weighted by atomic mass is 32.2. The number of amides is 2. The van der Waals surface area contributed by atoms with Gasteiger partial charge in [-0.25, -0.2) is 12.8 Å². The van der Waals surface area contributed by atoms with E-state index in [1.54, 1.807) is 24.9 Å². The molecule has 3 heterocycles. The number of piperidine rings is 1. The first-order valence-electron chi connectivity index (χ1n) is 14.7. The highest BCUT2D eigenvalue weighted by Crippen LogP contribution is 2.42. The molecule has 1 aliphatic rings. The summed E-state index contributed by atoms with van der Waals surface area (Å²) in [6.45, 7) is 4.47. The van der Waals surface area contributed by atoms with Crippen LogP contribution in [0, 0.1) is 19.7 Å². The molecule has 1 aliphatic heterocycles. The van der Waals surface area contributed by atoms with Gasteiger partial charge in [0.1, 0.15) is 22.7 Å². The van der Waals surface area contributed by atoms with E-state index in [0.29, 0.717) is 75.0 Å². The molecule has 2 aromatic heterocycles. The van der Waals surface area contributed by atoms with Crippen molar-refractivity contribution in [1.82, 2.24) is 10.2 Å². The minimum absolute atomic E-state index is 0.152. The Hall–Kier alpha value is -4.64. The number of fused-ring (bicyclic) bond motifs is 2. The molecule has 0 spiro atoms. The van der Waals surface area contributed by atoms with E-state index in [0.717, 1.165) is 11.8 Å². The number of hydrogen-bond acceptors (Lipinski definition) is 6. The summed E-state index contributed by atoms with van der Waals surface area (Å²) in [6, 6.07) is 15.3. The largest absolute Gasteiger partial charge is 0.455 e. The molecule has 6 rings (SSSR count). The van der Waals surface area contributed by atoms with Crippen molar-refractivity contribution in [3.8, 4) is 11.3 Å². The molecular formula is C34H34FN3O6S. The molecule has 0 radical (unpaired) electrons. The van der Waals surface area contributed by atoms with Crippen molar-refractivity contribution in [1.29, 1.82) is 0 Å². The van der Waals surface area contributed by atoms with E-state index in [9.17, 15) is 22.4 Å². The van der Waals surface area contributed by atoms with Gasteiger partial charge in [-0.2, -0.15) is 0 Å². The van der Waals surface area contributed by atoms with Gasteiger partial charge in [-0.15, -0.1) is 0 Å². The summed E-state index contributed by atoms with van der Waals surface area (Å²) < 4.78 is 52.9. The zero-order chi connectivity index (χ0) is 32.2. The van der Waals surface area contributed by atoms with E-state index in [4.69, 9.17) is 8.83 Å². The lowest BCUT2D eigenvalue weighted by atomic mass is 9.88. The number of carbonyl (C=O) groups excluding carboxylic acids is 2. The number of halogens is 1. The molecule has 0 bridgehead atoms. The third-order valence-electron chi connectivity index (χ3n) is 8.68. The standard InChI is InChI=1S/C34H34FN3O6S/c1-19-8-10-21(11-9-19)32-30(33(39)36-3)26-16-25(27(17-29(26)44-32)37(4)45(5,41)42)22-7-6-14-38(18-22)34(40)31-20(2)24-15-23(35)12-13-28(24)43-31/h8-13,15-17,22H,6-7,14,18H2,1-5H3,(H,36,39)/t22-/m1/s1. The van der Waals surface area contributed by atoms with E-state index < -0.39 is 15.8 Å². The third-order valence-corrected chi connectivity index (χ3v) is 9.87. The van der Waals surface area contributed by atoms with Crippen molar-refractivity contribution >= 4 is 49.5 Å². The summed E-state index contributed by atoms with van der Waals surface area (Å²) >= 11 is 0. The average molecular weight is 632 g/mol. The predicted molar refractivity (Wildman–Crippen MR) is 172 cm³/mol. The highest BCUT2D eigenvalue weighted by Gasteiger charge is 2.33. The maximum Gasteiger partial charge on any atom is 0.289 e. The monoisotopic (exact) mass is 631 g/mol. The molecule has 0 aliphatic carbocycles. The van der Waals surface area contributed by atoms with Crippen LogP contribution < -0.4 is 9.62 Å². The molecule has 45 heavy (non-hydrogen) atoms. The summed E-state index contributed by atoms with van der Waals surface area (Å²) in [4.78, 5) is 28.7. The third kappa shape index (κ3) is 5.45. The summed E-state index contributed by atoms with van der Waals surface area (Å²) in [5.74, 6) is -0.794. The second kappa shape index (κ2) is 11.4. The van der Waals surface area contributed by atoms with Crippen molar-refractivity contribution in [3.63, 3.8) is 0 Å². The van der Waals surface area contributed by atoms with Crippen molar-refractivity contribution in [3.05, 3.63) is 88.4 Å². The first-order chi connectivity index (χ1) is 21.4. The van der Waals surface area contributed by atoms with E-state index in [1.165, 1.54) is 29.6 Å². The Kier molecular flexibility index (Phi) is 7.68. The van der Waals surface area contributed by atoms with E-state index in [1.807, 2.05) is 37.3 Å². The molecule has 2 amide bonds. The van der Waals surface area contributed by atoms with Crippen LogP contribution in [0.15, 0.2) is 63.4 Å². The van der Waals surface area contributed by atoms with Gasteiger partial charge >= 0.3 is 0 Å². The zero-order valence-corrected chi connectivity index (χ0v) is 26.5. The number of rotatable bonds is 6. The van der Waals surface area contributed by atoms with Gasteiger partial charge in [0.05, 0.1) is 17.5 Å². The Balaban J connectivity index is 1.46. The Morgan fingerprint density at radius 3 is 2.42 bits per heavy atom. The molecule has 11 heteroatoms. The van der Waals surface area contributed by atoms with Gasteiger partial charge in [-0.05, 0) is 56.5 Å². The quantitative estimate of drug-likeness (QED) is 0.233. The van der Waals surface area contributed by atoms with Gasteiger partial charge in [0.25, 0.3) is 11.8 Å². The van der Waals surface area contributed by atoms with Crippen LogP contribution in [-0.2, 0) is 10.0 Å². The lowest BCUT2D eigenvalue weighted by Crippen LogP contribution is -2.39. The van der Waals surface area contributed by atoms with Gasteiger partial charge in [0.15, 0.2) is 5.76 Å². The predicted octanol–water partition coefficient (Wildman–Crippen LogP) is 6.38. The smallest absolute Gasteiger partial charge is 0.289 e. The molecule has 1 N–H and O–H groups in total. The average Bonchev–Trinajstić information content (AvgIpc) is 3.56. The zero-order valence-electron chi connectivity index (χ0n) is 25.7. The van der Waals surface area contributed by atoms with Crippen LogP contribution in [0.1, 0.15) is 56.4 Å². The molecule has 1 atom stereocenters. The minimum Gasteiger partial charge on any atom is -0.455 e. The van der Waals surface area contributed by atoms with Crippen LogP contribution in [-0.4, -0.2) is 58.6 Å². The van der Waals surface area contributed by atoms with Crippen molar-refractivity contribution in [2.24, 2.45) is 0 Å². The normalized spacial score (nSPS) is 15.5. The molecule has 5 aromatic rings. The fraction of sp³-hybridized carbons (Fsp3) is 0.294. The maximum absolute atomic E-state index is 13.9. The topological polar surface area (TPSA) is 113 Å². The van der Waals surface area contributed by atoms with Crippen molar-refractivity contribution < 1.29 is 31.2 Å². The van der Waals surface area contributed by atoms with Gasteiger partial charge in [-0.3, -0.25) is 13.9 Å². The molecule has 1 fully saturated rings. The number of benzene rings is 3. The van der Waals surface area contributed by atoms with Gasteiger partial charge in [0, 0.05) is 61.1 Å². The van der Waals surface area contributed by atoms with Crippen LogP contribution in [0.3, 0.4) is 0 Å². The summed E-state index contributed by atoms with van der Waals surface area (Å²) in [5, 5.41) is 3.80. The second-order valence-electron chi connectivity index (χ2n) is 11.7. The number of nitrogens with one attached hydrogen (secondary N) is 1. The SMILES string of the molecule is CNC(=O)c1c(-c2ccc(C)cc2)oc2cc(N(C)S(C)(=O)=O)c([C@@H]3CCCN(C(=O)c4oc5ccc(F)cc5c4C)C3)cc12. The second-order valence-corrected chi connectivity index (χ2v) is 13.7. The summed E-state index contributed by atoms with van der Waals surface area (Å²) in [6.07, 6.45) is 2.47. The van der Waals surface area contributed by atoms with Crippen LogP contribution in [0.25, 0.3) is 33.3 Å². The molecule has 0 saturated carbocycles. The molecule has 3 aromatic carbocycles. The van der Waals surface area contributed by atoms with Crippen LogP contribution in [0.2, 0.25) is 0 Å². The Bertz CT molecular complexity index is 2080. The number of carbonyl (C=O) groups is 2. The fourth-order valence-corrected chi connectivity index (χ4v) is 6.66. The van der Waals surface area contributed by atoms with Crippen LogP contribution in [0.4, 0.5) is 10.1 Å². The summed E-state index contributed by atoms with van der Waals surface area (Å²) in [5.41, 5.74) is 4.56. The fourth-order valence-electron chi connectivity index (χ4n) is 6.14. The highest BCUT2D eigenvalue weighted by molar-refractivity contribution is 7.92. The number of furan rings is 2. The number of likely N-dealkylation sites (tertiary alicyclic amines) is 1. The van der Waals surface area contributed by atoms with Gasteiger partial charge < -0.3 is 19.1 Å². The van der Waals surface area contributed by atoms with E-state index in [2.05, 4.69) is 5.32 Å². The lowest BCUT2D eigenvalue weighted by molar-refractivity contribution is 0.0676. The number of sulfonamides is 1. The minimum atomic E-state index is -3.68. The van der Waals surface area contributed by atoms with Crippen molar-refractivity contribution in [2.45, 2.75) is 32.6 Å². The Morgan fingerprint density at radius 2 is 1.73 bits per heavy atom. The number of anilines is 1. The number of nitrogens with zero attached hydrogens (tertiary/aromatic N) is 2. The molecule has 0 unspecified atom stereocenters. The molecule has 1 saturated heterocycles. The van der Waals surface area contributed by atoms with Gasteiger partial charge in [-0.1, -0.05) is 29.8 Å². The first-order valence-corrected chi connectivity index (χ1v) is 16.5. The van der Waals surface area contributed by atoms with Gasteiger partial charge in [0.2, 0.25) is 10.0 Å². The molecular weight excluding hydrogens is 597 g/mol. The lowest BCUT2D eigenvalue weighted by Gasteiger charge is -2.34. The van der Waals surface area contributed by atoms with Crippen molar-refractivity contribution in [2.75, 3.05) is 37.7 Å². The number of aryl methyl sites for hydroxylation is 2. The maximum atomic E-state index is 13.9. The van der Waals surface area contributed by atoms with Crippen LogP contribution in [0.5, 0.6) is 0 Å². The van der Waals surface area contributed by atoms with E-state index in [-0.39, 0.29) is 30.0 Å². The Morgan fingerprint density at radius 1 is 1.00 bits per heavy atom.